The van der Waals surface area contributed by atoms with Crippen LogP contribution in [-0.4, -0.2) is 44.8 Å². The number of hydrogen-bond donors (Lipinski definition) is 1. The third-order valence-corrected chi connectivity index (χ3v) is 7.26. The average molecular weight is 374 g/mol. The summed E-state index contributed by atoms with van der Waals surface area (Å²) in [5.41, 5.74) is -1.09. The smallest absolute Gasteiger partial charge is 0.245 e. The minimum Gasteiger partial charge on any atom is -0.313 e. The Kier molecular flexibility index (Phi) is 6.56. The fourth-order valence-corrected chi connectivity index (χ4v) is 4.38. The molecule has 1 saturated heterocycles. The summed E-state index contributed by atoms with van der Waals surface area (Å²) >= 11 is 0. The van der Waals surface area contributed by atoms with E-state index in [-0.39, 0.29) is 6.04 Å². The van der Waals surface area contributed by atoms with Gasteiger partial charge in [0.25, 0.3) is 0 Å². The van der Waals surface area contributed by atoms with Crippen LogP contribution in [-0.2, 0) is 10.0 Å². The lowest BCUT2D eigenvalue weighted by Gasteiger charge is -2.35. The van der Waals surface area contributed by atoms with Gasteiger partial charge in [0.15, 0.2) is 0 Å². The van der Waals surface area contributed by atoms with Crippen LogP contribution in [0.1, 0.15) is 33.6 Å². The van der Waals surface area contributed by atoms with E-state index < -0.39 is 21.9 Å². The molecule has 0 radical (unpaired) electrons. The minimum absolute atomic E-state index is 0.304. The first kappa shape index (κ1) is 20.3. The van der Waals surface area contributed by atoms with Gasteiger partial charge in [0, 0.05) is 24.5 Å². The van der Waals surface area contributed by atoms with Gasteiger partial charge < -0.3 is 5.32 Å². The molecule has 7 heteroatoms. The van der Waals surface area contributed by atoms with E-state index >= 15 is 0 Å². The first-order valence-corrected chi connectivity index (χ1v) is 10.2. The van der Waals surface area contributed by atoms with Crippen LogP contribution in [0.2, 0.25) is 0 Å². The van der Waals surface area contributed by atoms with E-state index in [1.54, 1.807) is 51.1 Å². The largest absolute Gasteiger partial charge is 0.313 e. The average Bonchev–Trinajstić information content (AvgIpc) is 2.60. The van der Waals surface area contributed by atoms with E-state index in [1.807, 2.05) is 0 Å². The fraction of sp³-hybridized carbons (Fsp3) is 0.667. The Morgan fingerprint density at radius 2 is 1.76 bits per heavy atom. The van der Waals surface area contributed by atoms with Gasteiger partial charge in [-0.05, 0) is 44.4 Å². The Bertz CT molecular complexity index is 642. The van der Waals surface area contributed by atoms with E-state index in [1.165, 1.54) is 4.31 Å². The molecule has 1 aliphatic rings. The highest BCUT2D eigenvalue weighted by atomic mass is 32.2. The Morgan fingerprint density at radius 1 is 1.20 bits per heavy atom. The van der Waals surface area contributed by atoms with Gasteiger partial charge in [-0.1, -0.05) is 32.0 Å². The lowest BCUT2D eigenvalue weighted by atomic mass is 9.85. The lowest BCUT2D eigenvalue weighted by Crippen LogP contribution is -2.47. The predicted octanol–water partition coefficient (Wildman–Crippen LogP) is 3.36. The van der Waals surface area contributed by atoms with E-state index in [9.17, 15) is 17.2 Å². The Hall–Kier alpha value is -1.05. The second kappa shape index (κ2) is 8.10. The molecule has 0 saturated carbocycles. The summed E-state index contributed by atoms with van der Waals surface area (Å²) in [6.07, 6.45) is -0.908. The van der Waals surface area contributed by atoms with Crippen molar-refractivity contribution in [1.29, 1.82) is 0 Å². The van der Waals surface area contributed by atoms with Crippen LogP contribution in [0.15, 0.2) is 35.2 Å². The summed E-state index contributed by atoms with van der Waals surface area (Å²) in [6, 6.07) is 8.14. The summed E-state index contributed by atoms with van der Waals surface area (Å²) in [5.74, 6) is 0.304. The van der Waals surface area contributed by atoms with E-state index in [2.05, 4.69) is 5.32 Å². The predicted molar refractivity (Wildman–Crippen MR) is 95.2 cm³/mol. The topological polar surface area (TPSA) is 49.4 Å². The highest BCUT2D eigenvalue weighted by molar-refractivity contribution is 7.89. The number of benzene rings is 1. The second-order valence-corrected chi connectivity index (χ2v) is 9.35. The molecule has 0 bridgehead atoms. The zero-order valence-electron chi connectivity index (χ0n) is 15.1. The summed E-state index contributed by atoms with van der Waals surface area (Å²) < 4.78 is 52.8. The normalized spacial score (nSPS) is 19.3. The lowest BCUT2D eigenvalue weighted by molar-refractivity contribution is -0.00337. The number of rotatable bonds is 7. The number of sulfonamides is 1. The van der Waals surface area contributed by atoms with Crippen molar-refractivity contribution in [3.63, 3.8) is 0 Å². The highest BCUT2D eigenvalue weighted by Gasteiger charge is 2.36. The SMILES string of the molecule is CC(NCC1CCN(S(=O)(=O)c2ccccc2)CC1)C(C)(C)C(F)F. The van der Waals surface area contributed by atoms with Crippen molar-refractivity contribution in [2.24, 2.45) is 11.3 Å². The molecule has 1 aromatic rings. The maximum Gasteiger partial charge on any atom is 0.245 e. The van der Waals surface area contributed by atoms with Crippen molar-refractivity contribution < 1.29 is 17.2 Å². The van der Waals surface area contributed by atoms with Crippen LogP contribution < -0.4 is 5.32 Å². The van der Waals surface area contributed by atoms with Crippen LogP contribution in [0.25, 0.3) is 0 Å². The van der Waals surface area contributed by atoms with Crippen LogP contribution >= 0.6 is 0 Å². The van der Waals surface area contributed by atoms with Gasteiger partial charge in [0.2, 0.25) is 16.4 Å². The van der Waals surface area contributed by atoms with Crippen molar-refractivity contribution in [2.45, 2.75) is 51.0 Å². The van der Waals surface area contributed by atoms with Crippen molar-refractivity contribution in [1.82, 2.24) is 9.62 Å². The molecule has 0 spiro atoms. The van der Waals surface area contributed by atoms with Crippen LogP contribution in [0.5, 0.6) is 0 Å². The first-order valence-electron chi connectivity index (χ1n) is 8.72. The number of piperidine rings is 1. The van der Waals surface area contributed by atoms with E-state index in [0.717, 1.165) is 12.8 Å². The number of alkyl halides is 2. The van der Waals surface area contributed by atoms with Gasteiger partial charge in [-0.3, -0.25) is 0 Å². The second-order valence-electron chi connectivity index (χ2n) is 7.41. The molecule has 1 heterocycles. The van der Waals surface area contributed by atoms with Crippen LogP contribution in [0.3, 0.4) is 0 Å². The van der Waals surface area contributed by atoms with Crippen molar-refractivity contribution in [2.75, 3.05) is 19.6 Å². The van der Waals surface area contributed by atoms with Crippen molar-refractivity contribution in [3.05, 3.63) is 30.3 Å². The fourth-order valence-electron chi connectivity index (χ4n) is 2.89. The number of halogens is 2. The quantitative estimate of drug-likeness (QED) is 0.796. The van der Waals surface area contributed by atoms with Gasteiger partial charge in [0.1, 0.15) is 0 Å². The maximum atomic E-state index is 13.1. The third kappa shape index (κ3) is 4.77. The Balaban J connectivity index is 1.86. The van der Waals surface area contributed by atoms with Gasteiger partial charge in [-0.15, -0.1) is 0 Å². The first-order chi connectivity index (χ1) is 11.7. The molecule has 0 aliphatic carbocycles. The molecule has 4 nitrogen and oxygen atoms in total. The molecule has 1 unspecified atom stereocenters. The molecule has 0 aromatic heterocycles. The van der Waals surface area contributed by atoms with Gasteiger partial charge in [-0.2, -0.15) is 4.31 Å². The standard InChI is InChI=1S/C18H28F2N2O2S/c1-14(18(2,3)17(19)20)21-13-15-9-11-22(12-10-15)25(23,24)16-7-5-4-6-8-16/h4-8,14-15,17,21H,9-13H2,1-3H3. The Labute approximate surface area is 149 Å². The van der Waals surface area contributed by atoms with Crippen LogP contribution in [0, 0.1) is 11.3 Å². The van der Waals surface area contributed by atoms with Gasteiger partial charge in [-0.25, -0.2) is 17.2 Å². The van der Waals surface area contributed by atoms with Crippen molar-refractivity contribution in [3.8, 4) is 0 Å². The molecule has 1 atom stereocenters. The maximum absolute atomic E-state index is 13.1. The molecule has 142 valence electrons. The molecule has 1 N–H and O–H groups in total. The zero-order chi connectivity index (χ0) is 18.7. The summed E-state index contributed by atoms with van der Waals surface area (Å²) in [4.78, 5) is 0.318. The minimum atomic E-state index is -3.44. The molecule has 1 aliphatic heterocycles. The number of nitrogens with zero attached hydrogens (tertiary/aromatic N) is 1. The Morgan fingerprint density at radius 3 is 2.28 bits per heavy atom. The zero-order valence-corrected chi connectivity index (χ0v) is 15.9. The number of hydrogen-bond acceptors (Lipinski definition) is 3. The molecule has 25 heavy (non-hydrogen) atoms. The summed E-state index contributed by atoms with van der Waals surface area (Å²) in [7, 11) is -3.44. The van der Waals surface area contributed by atoms with Crippen molar-refractivity contribution >= 4 is 10.0 Å². The molecule has 1 fully saturated rings. The molecule has 0 amide bonds. The summed E-state index contributed by atoms with van der Waals surface area (Å²) in [5, 5.41) is 3.21. The molecule has 1 aromatic carbocycles. The number of nitrogens with one attached hydrogen (secondary N) is 1. The summed E-state index contributed by atoms with van der Waals surface area (Å²) in [6.45, 7) is 6.47. The van der Waals surface area contributed by atoms with Crippen LogP contribution in [0.4, 0.5) is 8.78 Å². The van der Waals surface area contributed by atoms with Gasteiger partial charge in [0.05, 0.1) is 4.90 Å². The monoisotopic (exact) mass is 374 g/mol. The van der Waals surface area contributed by atoms with Gasteiger partial charge >= 0.3 is 0 Å². The third-order valence-electron chi connectivity index (χ3n) is 5.35. The highest BCUT2D eigenvalue weighted by Crippen LogP contribution is 2.29. The molecule has 2 rings (SSSR count). The molecular formula is C18H28F2N2O2S. The van der Waals surface area contributed by atoms with E-state index in [0.29, 0.717) is 30.4 Å². The van der Waals surface area contributed by atoms with E-state index in [4.69, 9.17) is 0 Å². The molecular weight excluding hydrogens is 346 g/mol.